The highest BCUT2D eigenvalue weighted by Gasteiger charge is 2.57. The van der Waals surface area contributed by atoms with Crippen molar-refractivity contribution in [1.29, 1.82) is 0 Å². The molecule has 106 valence electrons. The Hall–Kier alpha value is -0.120. The van der Waals surface area contributed by atoms with Gasteiger partial charge in [-0.25, -0.2) is 0 Å². The Bertz CT molecular complexity index is 283. The minimum absolute atomic E-state index is 0.149. The topological polar surface area (TPSA) is 60.7 Å². The first-order valence-electron chi connectivity index (χ1n) is 7.48. The predicted molar refractivity (Wildman–Crippen MR) is 71.2 cm³/mol. The van der Waals surface area contributed by atoms with Crippen LogP contribution in [0.15, 0.2) is 0 Å². The quantitative estimate of drug-likeness (QED) is 0.710. The lowest BCUT2D eigenvalue weighted by molar-refractivity contribution is -0.237. The highest BCUT2D eigenvalue weighted by Crippen LogP contribution is 2.48. The molecule has 3 unspecified atom stereocenters. The zero-order valence-corrected chi connectivity index (χ0v) is 11.7. The van der Waals surface area contributed by atoms with Crippen LogP contribution in [0.25, 0.3) is 0 Å². The molecule has 2 aliphatic carbocycles. The Morgan fingerprint density at radius 2 is 1.61 bits per heavy atom. The summed E-state index contributed by atoms with van der Waals surface area (Å²) in [5, 5.41) is 31.9. The second-order valence-electron chi connectivity index (χ2n) is 6.96. The maximum atomic E-state index is 11.0. The molecule has 0 aromatic rings. The van der Waals surface area contributed by atoms with Gasteiger partial charge in [0.15, 0.2) is 0 Å². The van der Waals surface area contributed by atoms with Gasteiger partial charge < -0.3 is 15.3 Å². The largest absolute Gasteiger partial charge is 0.390 e. The van der Waals surface area contributed by atoms with E-state index in [2.05, 4.69) is 0 Å². The summed E-state index contributed by atoms with van der Waals surface area (Å²) in [5.41, 5.74) is -1.76. The number of hydrogen-bond donors (Lipinski definition) is 3. The number of rotatable bonds is 2. The van der Waals surface area contributed by atoms with Crippen molar-refractivity contribution < 1.29 is 15.3 Å². The second kappa shape index (κ2) is 5.10. The Morgan fingerprint density at radius 3 is 2.17 bits per heavy atom. The molecule has 2 rings (SSSR count). The molecule has 0 aromatic heterocycles. The first-order chi connectivity index (χ1) is 8.39. The molecule has 3 atom stereocenters. The zero-order chi connectivity index (χ0) is 13.4. The lowest BCUT2D eigenvalue weighted by atomic mass is 9.58. The molecule has 0 amide bonds. The summed E-state index contributed by atoms with van der Waals surface area (Å²) >= 11 is 0. The Labute approximate surface area is 110 Å². The molecular formula is C15H28O3. The fourth-order valence-electron chi connectivity index (χ4n) is 4.02. The van der Waals surface area contributed by atoms with Crippen LogP contribution in [0.1, 0.15) is 65.2 Å². The maximum absolute atomic E-state index is 11.0. The van der Waals surface area contributed by atoms with Crippen LogP contribution in [0, 0.1) is 11.3 Å². The molecule has 0 saturated heterocycles. The normalized spacial score (nSPS) is 39.5. The standard InChI is InChI=1S/C15H28O3/c1-14(2)10-6-9-12(16)15(14,18)13(17)11-7-4-3-5-8-11/h11-13,16-18H,3-10H2,1-2H3. The summed E-state index contributed by atoms with van der Waals surface area (Å²) in [4.78, 5) is 0. The number of hydrogen-bond acceptors (Lipinski definition) is 3. The van der Waals surface area contributed by atoms with Gasteiger partial charge in [0.05, 0.1) is 12.2 Å². The van der Waals surface area contributed by atoms with E-state index in [-0.39, 0.29) is 5.92 Å². The van der Waals surface area contributed by atoms with Gasteiger partial charge in [-0.3, -0.25) is 0 Å². The van der Waals surface area contributed by atoms with E-state index in [0.717, 1.165) is 38.5 Å². The van der Waals surface area contributed by atoms with E-state index in [1.165, 1.54) is 6.42 Å². The SMILES string of the molecule is CC1(C)CCCC(O)C1(O)C(O)C1CCCCC1. The van der Waals surface area contributed by atoms with Crippen LogP contribution < -0.4 is 0 Å². The van der Waals surface area contributed by atoms with Crippen LogP contribution in [-0.2, 0) is 0 Å². The molecular weight excluding hydrogens is 228 g/mol. The summed E-state index contributed by atoms with van der Waals surface area (Å²) in [7, 11) is 0. The van der Waals surface area contributed by atoms with Crippen LogP contribution in [0.4, 0.5) is 0 Å². The van der Waals surface area contributed by atoms with E-state index < -0.39 is 23.2 Å². The van der Waals surface area contributed by atoms with Gasteiger partial charge in [-0.2, -0.15) is 0 Å². The van der Waals surface area contributed by atoms with Crippen molar-refractivity contribution >= 4 is 0 Å². The summed E-state index contributed by atoms with van der Waals surface area (Å²) in [6.45, 7) is 3.95. The molecule has 2 fully saturated rings. The first-order valence-corrected chi connectivity index (χ1v) is 7.48. The maximum Gasteiger partial charge on any atom is 0.121 e. The van der Waals surface area contributed by atoms with Crippen LogP contribution >= 0.6 is 0 Å². The molecule has 3 N–H and O–H groups in total. The van der Waals surface area contributed by atoms with Gasteiger partial charge in [-0.15, -0.1) is 0 Å². The van der Waals surface area contributed by atoms with Crippen LogP contribution in [0.3, 0.4) is 0 Å². The summed E-state index contributed by atoms with van der Waals surface area (Å²) in [5.74, 6) is 0.149. The molecule has 0 aliphatic heterocycles. The average Bonchev–Trinajstić information content (AvgIpc) is 2.36. The van der Waals surface area contributed by atoms with Crippen molar-refractivity contribution in [2.75, 3.05) is 0 Å². The third kappa shape index (κ3) is 2.21. The van der Waals surface area contributed by atoms with Crippen LogP contribution in [-0.4, -0.2) is 33.1 Å². The van der Waals surface area contributed by atoms with E-state index in [1.807, 2.05) is 13.8 Å². The molecule has 0 aromatic carbocycles. The molecule has 2 saturated carbocycles. The Kier molecular flexibility index (Phi) is 4.05. The summed E-state index contributed by atoms with van der Waals surface area (Å²) < 4.78 is 0. The third-order valence-electron chi connectivity index (χ3n) is 5.42. The van der Waals surface area contributed by atoms with E-state index in [4.69, 9.17) is 0 Å². The van der Waals surface area contributed by atoms with Gasteiger partial charge in [0.2, 0.25) is 0 Å². The molecule has 0 spiro atoms. The highest BCUT2D eigenvalue weighted by atomic mass is 16.4. The average molecular weight is 256 g/mol. The molecule has 3 heteroatoms. The fourth-order valence-corrected chi connectivity index (χ4v) is 4.02. The van der Waals surface area contributed by atoms with E-state index in [0.29, 0.717) is 6.42 Å². The number of aliphatic hydroxyl groups excluding tert-OH is 2. The van der Waals surface area contributed by atoms with E-state index in [1.54, 1.807) is 0 Å². The van der Waals surface area contributed by atoms with Crippen LogP contribution in [0.5, 0.6) is 0 Å². The van der Waals surface area contributed by atoms with E-state index >= 15 is 0 Å². The third-order valence-corrected chi connectivity index (χ3v) is 5.42. The minimum Gasteiger partial charge on any atom is -0.390 e. The van der Waals surface area contributed by atoms with Gasteiger partial charge >= 0.3 is 0 Å². The fraction of sp³-hybridized carbons (Fsp3) is 1.00. The van der Waals surface area contributed by atoms with Gasteiger partial charge in [0.1, 0.15) is 5.60 Å². The number of aliphatic hydroxyl groups is 3. The Morgan fingerprint density at radius 1 is 1.00 bits per heavy atom. The van der Waals surface area contributed by atoms with Gasteiger partial charge in [0.25, 0.3) is 0 Å². The monoisotopic (exact) mass is 256 g/mol. The highest BCUT2D eigenvalue weighted by molar-refractivity contribution is 5.07. The summed E-state index contributed by atoms with van der Waals surface area (Å²) in [6, 6.07) is 0. The lowest BCUT2D eigenvalue weighted by Gasteiger charge is -2.53. The molecule has 3 nitrogen and oxygen atoms in total. The van der Waals surface area contributed by atoms with Gasteiger partial charge in [-0.05, 0) is 37.0 Å². The zero-order valence-electron chi connectivity index (χ0n) is 11.7. The second-order valence-corrected chi connectivity index (χ2v) is 6.96. The minimum atomic E-state index is -1.34. The van der Waals surface area contributed by atoms with Gasteiger partial charge in [-0.1, -0.05) is 39.5 Å². The van der Waals surface area contributed by atoms with Crippen molar-refractivity contribution in [1.82, 2.24) is 0 Å². The molecule has 0 heterocycles. The molecule has 0 radical (unpaired) electrons. The molecule has 0 bridgehead atoms. The smallest absolute Gasteiger partial charge is 0.121 e. The van der Waals surface area contributed by atoms with Crippen LogP contribution in [0.2, 0.25) is 0 Å². The van der Waals surface area contributed by atoms with Crippen molar-refractivity contribution in [2.24, 2.45) is 11.3 Å². The first kappa shape index (κ1) is 14.3. The molecule has 18 heavy (non-hydrogen) atoms. The predicted octanol–water partition coefficient (Wildman–Crippen LogP) is 2.23. The van der Waals surface area contributed by atoms with Crippen molar-refractivity contribution in [2.45, 2.75) is 83.0 Å². The molecule has 2 aliphatic rings. The van der Waals surface area contributed by atoms with Crippen molar-refractivity contribution in [3.63, 3.8) is 0 Å². The van der Waals surface area contributed by atoms with Gasteiger partial charge in [0, 0.05) is 0 Å². The summed E-state index contributed by atoms with van der Waals surface area (Å²) in [6.07, 6.45) is 6.26. The van der Waals surface area contributed by atoms with Crippen molar-refractivity contribution in [3.8, 4) is 0 Å². The van der Waals surface area contributed by atoms with Crippen molar-refractivity contribution in [3.05, 3.63) is 0 Å². The lowest BCUT2D eigenvalue weighted by Crippen LogP contribution is -2.65. The van der Waals surface area contributed by atoms with E-state index in [9.17, 15) is 15.3 Å². The Balaban J connectivity index is 2.20.